The maximum atomic E-state index is 12.9. The van der Waals surface area contributed by atoms with Gasteiger partial charge in [0.25, 0.3) is 11.5 Å². The number of β-lactam (4-membered cyclic amide) rings is 1. The Morgan fingerprint density at radius 3 is 2.63 bits per heavy atom. The van der Waals surface area contributed by atoms with Crippen molar-refractivity contribution in [2.24, 2.45) is 12.2 Å². The fraction of sp³-hybridized carbons (Fsp3) is 0.333. The minimum Gasteiger partial charge on any atom is -0.854 e. The molecule has 0 spiro atoms. The van der Waals surface area contributed by atoms with Gasteiger partial charge in [-0.05, 0) is 11.0 Å². The molecule has 1 saturated heterocycles. The van der Waals surface area contributed by atoms with Gasteiger partial charge in [0.05, 0.1) is 17.9 Å². The number of nitrogen functional groups attached to an aromatic ring is 1. The fourth-order valence-corrected chi connectivity index (χ4v) is 6.21. The number of carboxylic acid groups (broad SMARTS) is 1. The van der Waals surface area contributed by atoms with E-state index in [0.717, 1.165) is 44.4 Å². The molecule has 3 N–H and O–H groups in total. The van der Waals surface area contributed by atoms with E-state index in [-0.39, 0.29) is 86.6 Å². The van der Waals surface area contributed by atoms with Gasteiger partial charge in [0.15, 0.2) is 16.0 Å². The van der Waals surface area contributed by atoms with E-state index in [0.29, 0.717) is 5.57 Å². The van der Waals surface area contributed by atoms with Crippen LogP contribution in [0.5, 0.6) is 5.88 Å². The number of hydrogen-bond acceptors (Lipinski definition) is 15. The second-order valence-corrected chi connectivity index (χ2v) is 10.1. The van der Waals surface area contributed by atoms with Crippen LogP contribution in [0.15, 0.2) is 31.5 Å². The number of nitrogens with one attached hydrogen (secondary N) is 1. The molecular formula is C18H16N8Na2O7S3. The smallest absolute Gasteiger partial charge is 0.854 e. The van der Waals surface area contributed by atoms with Crippen LogP contribution in [0.4, 0.5) is 5.13 Å². The number of nitrogens with two attached hydrogens (primary N) is 1. The summed E-state index contributed by atoms with van der Waals surface area (Å²) in [5.41, 5.74) is 4.84. The van der Waals surface area contributed by atoms with E-state index in [1.54, 1.807) is 5.41 Å². The van der Waals surface area contributed by atoms with Crippen LogP contribution in [0.2, 0.25) is 0 Å². The second-order valence-electron chi connectivity index (χ2n) is 7.25. The first kappa shape index (κ1) is 32.6. The first-order valence-electron chi connectivity index (χ1n) is 9.88. The SMILES string of the molecule is CO/N=C(\C(=O)N[C@@H]1C(=O)N2C(C(=O)[O-])C(CSc3nc(=O)c([O-])nn3C)=CS[C@H]12)c1csc(N)n1.[Na+].[Na+]. The zero-order valence-corrected chi connectivity index (χ0v) is 26.9. The van der Waals surface area contributed by atoms with E-state index in [9.17, 15) is 29.4 Å². The van der Waals surface area contributed by atoms with Gasteiger partial charge < -0.3 is 35.8 Å². The van der Waals surface area contributed by atoms with Crippen molar-refractivity contribution < 1.29 is 88.5 Å². The molecule has 0 bridgehead atoms. The summed E-state index contributed by atoms with van der Waals surface area (Å²) < 4.78 is 1.11. The van der Waals surface area contributed by atoms with Crippen LogP contribution >= 0.6 is 34.9 Å². The standard InChI is InChI=1S/C18H18N8O7S3.2Na/c1-25-18(22-12(28)13(29)23-25)36-4-6-3-34-15-9(14(30)26(15)10(6)16(31)32)21-11(27)8(24-33-2)7-5-35-17(19)20-7;;/h3,5,9-10,15H,4H2,1-2H3,(H2,19,20)(H,21,27)(H,23,29)(H,31,32);;/q;2*+1/p-2/b24-8-;;/t9-,10?,15-;;/m1../s1. The number of carbonyl (C=O) groups is 3. The van der Waals surface area contributed by atoms with Gasteiger partial charge in [0, 0.05) is 18.2 Å². The van der Waals surface area contributed by atoms with Crippen LogP contribution in [0.3, 0.4) is 0 Å². The van der Waals surface area contributed by atoms with Gasteiger partial charge in [-0.25, -0.2) is 9.67 Å². The van der Waals surface area contributed by atoms with Crippen molar-refractivity contribution in [3.05, 3.63) is 32.4 Å². The number of aromatic nitrogens is 4. The summed E-state index contributed by atoms with van der Waals surface area (Å²) in [5.74, 6) is -3.89. The van der Waals surface area contributed by atoms with Crippen molar-refractivity contribution in [2.75, 3.05) is 18.6 Å². The van der Waals surface area contributed by atoms with Crippen molar-refractivity contribution in [3.63, 3.8) is 0 Å². The van der Waals surface area contributed by atoms with Crippen molar-refractivity contribution >= 4 is 63.5 Å². The van der Waals surface area contributed by atoms with E-state index in [2.05, 4.69) is 25.5 Å². The molecule has 0 aromatic carbocycles. The fourth-order valence-electron chi connectivity index (χ4n) is 3.42. The average Bonchev–Trinajstić information content (AvgIpc) is 3.27. The van der Waals surface area contributed by atoms with E-state index >= 15 is 0 Å². The second kappa shape index (κ2) is 13.6. The van der Waals surface area contributed by atoms with Crippen molar-refractivity contribution in [3.8, 4) is 5.88 Å². The van der Waals surface area contributed by atoms with Crippen LogP contribution < -0.4 is 85.9 Å². The predicted molar refractivity (Wildman–Crippen MR) is 125 cm³/mol. The Labute approximate surface area is 271 Å². The zero-order valence-electron chi connectivity index (χ0n) is 20.4. The number of fused-ring (bicyclic) bond motifs is 1. The van der Waals surface area contributed by atoms with Crippen LogP contribution in [0, 0.1) is 0 Å². The van der Waals surface area contributed by atoms with E-state index in [1.165, 1.54) is 19.5 Å². The predicted octanol–water partition coefficient (Wildman–Crippen LogP) is -9.16. The molecule has 4 rings (SSSR count). The van der Waals surface area contributed by atoms with Crippen LogP contribution in [-0.4, -0.2) is 78.5 Å². The number of amides is 2. The molecule has 3 atom stereocenters. The van der Waals surface area contributed by atoms with Crippen LogP contribution in [-0.2, 0) is 26.3 Å². The third kappa shape index (κ3) is 6.56. The number of anilines is 1. The molecule has 2 aromatic heterocycles. The number of nitrogens with zero attached hydrogens (tertiary/aromatic N) is 6. The van der Waals surface area contributed by atoms with Crippen LogP contribution in [0.25, 0.3) is 0 Å². The van der Waals surface area contributed by atoms with Gasteiger partial charge in [0.2, 0.25) is 5.91 Å². The number of oxime groups is 1. The summed E-state index contributed by atoms with van der Waals surface area (Å²) in [5, 5.41) is 35.6. The number of thioether (sulfide) groups is 2. The third-order valence-electron chi connectivity index (χ3n) is 5.01. The first-order chi connectivity index (χ1) is 17.1. The Balaban J connectivity index is 0.00000253. The van der Waals surface area contributed by atoms with E-state index in [4.69, 9.17) is 10.6 Å². The molecular weight excluding hydrogens is 582 g/mol. The Morgan fingerprint density at radius 2 is 2.03 bits per heavy atom. The summed E-state index contributed by atoms with van der Waals surface area (Å²) in [6, 6.07) is -2.44. The molecule has 1 unspecified atom stereocenters. The molecule has 2 aliphatic heterocycles. The Kier molecular flexibility index (Phi) is 11.7. The van der Waals surface area contributed by atoms with Crippen LogP contribution in [0.1, 0.15) is 5.69 Å². The number of thiazole rings is 1. The molecule has 2 aliphatic rings. The summed E-state index contributed by atoms with van der Waals surface area (Å²) in [6.07, 6.45) is 0. The van der Waals surface area contributed by atoms with Crippen molar-refractivity contribution in [2.45, 2.75) is 22.6 Å². The summed E-state index contributed by atoms with van der Waals surface area (Å²) in [6.45, 7) is 0. The van der Waals surface area contributed by atoms with Crippen molar-refractivity contribution in [1.82, 2.24) is 30.0 Å². The third-order valence-corrected chi connectivity index (χ3v) is 7.99. The monoisotopic (exact) mass is 598 g/mol. The molecule has 20 heteroatoms. The molecule has 15 nitrogen and oxygen atoms in total. The number of hydrogen-bond donors (Lipinski definition) is 2. The summed E-state index contributed by atoms with van der Waals surface area (Å²) in [4.78, 5) is 62.6. The summed E-state index contributed by atoms with van der Waals surface area (Å²) >= 11 is 3.19. The molecule has 0 saturated carbocycles. The number of carbonyl (C=O) groups excluding carboxylic acids is 3. The molecule has 1 fully saturated rings. The number of aryl methyl sites for hydroxylation is 1. The number of carboxylic acids is 1. The van der Waals surface area contributed by atoms with E-state index < -0.39 is 46.7 Å². The molecule has 2 aromatic rings. The van der Waals surface area contributed by atoms with Gasteiger partial charge in [-0.15, -0.1) is 23.1 Å². The van der Waals surface area contributed by atoms with Crippen molar-refractivity contribution in [1.29, 1.82) is 0 Å². The summed E-state index contributed by atoms with van der Waals surface area (Å²) in [7, 11) is 2.66. The maximum Gasteiger partial charge on any atom is 1.00 e. The van der Waals surface area contributed by atoms with Gasteiger partial charge in [-0.3, -0.25) is 14.4 Å². The minimum absolute atomic E-state index is 0. The van der Waals surface area contributed by atoms with Gasteiger partial charge >= 0.3 is 59.1 Å². The number of aliphatic carboxylic acids is 1. The molecule has 190 valence electrons. The topological polar surface area (TPSA) is 221 Å². The maximum absolute atomic E-state index is 12.9. The normalized spacial score (nSPS) is 20.2. The zero-order chi connectivity index (χ0) is 26.1. The van der Waals surface area contributed by atoms with Gasteiger partial charge in [0.1, 0.15) is 24.2 Å². The number of rotatable bonds is 8. The average molecular weight is 599 g/mol. The minimum atomic E-state index is -1.51. The molecule has 0 radical (unpaired) electrons. The molecule has 38 heavy (non-hydrogen) atoms. The first-order valence-corrected chi connectivity index (χ1v) is 12.7. The Hall–Kier alpha value is -1.64. The largest absolute Gasteiger partial charge is 1.00 e. The quantitative estimate of drug-likeness (QED) is 0.0949. The molecule has 2 amide bonds. The van der Waals surface area contributed by atoms with Gasteiger partial charge in [-0.2, -0.15) is 10.1 Å². The molecule has 4 heterocycles. The Bertz CT molecular complexity index is 1370. The van der Waals surface area contributed by atoms with E-state index in [1.807, 2.05) is 0 Å². The Morgan fingerprint density at radius 1 is 1.32 bits per heavy atom. The molecule has 0 aliphatic carbocycles. The van der Waals surface area contributed by atoms with Gasteiger partial charge in [-0.1, -0.05) is 16.9 Å².